The van der Waals surface area contributed by atoms with Crippen molar-refractivity contribution in [1.82, 2.24) is 0 Å². The van der Waals surface area contributed by atoms with E-state index in [0.29, 0.717) is 9.81 Å². The van der Waals surface area contributed by atoms with Gasteiger partial charge in [-0.25, -0.2) is 0 Å². The maximum Gasteiger partial charge on any atom is 0.270 e. The molecule has 1 aliphatic carbocycles. The molecular formula is C12H9NO4S2. The summed E-state index contributed by atoms with van der Waals surface area (Å²) < 4.78 is 0. The lowest BCUT2D eigenvalue weighted by molar-refractivity contribution is -0.384. The number of thioether (sulfide) groups is 2. The quantitative estimate of drug-likeness (QED) is 0.630. The Morgan fingerprint density at radius 1 is 1.00 bits per heavy atom. The first-order chi connectivity index (χ1) is 9.01. The number of hydrogen-bond donors (Lipinski definition) is 0. The Balaban J connectivity index is 2.66. The Labute approximate surface area is 117 Å². The van der Waals surface area contributed by atoms with Crippen molar-refractivity contribution in [1.29, 1.82) is 0 Å². The van der Waals surface area contributed by atoms with Crippen LogP contribution >= 0.6 is 23.5 Å². The summed E-state index contributed by atoms with van der Waals surface area (Å²) in [5.41, 5.74) is 0.159. The molecule has 0 saturated heterocycles. The number of ketones is 2. The van der Waals surface area contributed by atoms with Crippen LogP contribution in [0, 0.1) is 10.1 Å². The number of carbonyl (C=O) groups excluding carboxylic acids is 2. The molecule has 0 bridgehead atoms. The van der Waals surface area contributed by atoms with E-state index in [9.17, 15) is 19.7 Å². The fraction of sp³-hybridized carbons (Fsp3) is 0.167. The maximum absolute atomic E-state index is 12.3. The van der Waals surface area contributed by atoms with Crippen LogP contribution in [-0.4, -0.2) is 29.0 Å². The summed E-state index contributed by atoms with van der Waals surface area (Å²) in [5, 5.41) is 10.7. The van der Waals surface area contributed by atoms with E-state index in [4.69, 9.17) is 0 Å². The summed E-state index contributed by atoms with van der Waals surface area (Å²) in [4.78, 5) is 35.4. The predicted molar refractivity (Wildman–Crippen MR) is 75.8 cm³/mol. The van der Waals surface area contributed by atoms with Crippen LogP contribution < -0.4 is 0 Å². The van der Waals surface area contributed by atoms with Gasteiger partial charge in [0.2, 0.25) is 11.6 Å². The third-order valence-electron chi connectivity index (χ3n) is 2.73. The lowest BCUT2D eigenvalue weighted by Crippen LogP contribution is -2.19. The minimum absolute atomic E-state index is 0.112. The third-order valence-corrected chi connectivity index (χ3v) is 4.45. The fourth-order valence-electron chi connectivity index (χ4n) is 1.85. The number of carbonyl (C=O) groups is 2. The van der Waals surface area contributed by atoms with E-state index in [2.05, 4.69) is 0 Å². The highest BCUT2D eigenvalue weighted by molar-refractivity contribution is 8.07. The van der Waals surface area contributed by atoms with Crippen molar-refractivity contribution in [3.05, 3.63) is 49.3 Å². The molecule has 1 aromatic rings. The zero-order valence-corrected chi connectivity index (χ0v) is 11.8. The zero-order chi connectivity index (χ0) is 14.2. The van der Waals surface area contributed by atoms with Crippen molar-refractivity contribution in [2.24, 2.45) is 0 Å². The number of fused-ring (bicyclic) bond motifs is 1. The van der Waals surface area contributed by atoms with Gasteiger partial charge in [0.1, 0.15) is 0 Å². The molecule has 1 aliphatic rings. The van der Waals surface area contributed by atoms with Gasteiger partial charge < -0.3 is 0 Å². The van der Waals surface area contributed by atoms with Crippen molar-refractivity contribution in [3.8, 4) is 0 Å². The van der Waals surface area contributed by atoms with Gasteiger partial charge in [0.15, 0.2) is 0 Å². The van der Waals surface area contributed by atoms with Crippen molar-refractivity contribution >= 4 is 40.8 Å². The Kier molecular flexibility index (Phi) is 3.77. The van der Waals surface area contributed by atoms with Gasteiger partial charge in [-0.2, -0.15) is 0 Å². The fourth-order valence-corrected chi connectivity index (χ4v) is 3.50. The Bertz CT molecular complexity index is 637. The van der Waals surface area contributed by atoms with Gasteiger partial charge in [0, 0.05) is 23.3 Å². The molecule has 0 unspecified atom stereocenters. The number of nitro benzene ring substituents is 1. The molecule has 0 amide bonds. The number of benzene rings is 1. The van der Waals surface area contributed by atoms with Gasteiger partial charge >= 0.3 is 0 Å². The van der Waals surface area contributed by atoms with Crippen LogP contribution in [-0.2, 0) is 0 Å². The number of Topliss-reactive ketones (excluding diaryl/α,β-unsaturated/α-hetero) is 2. The maximum atomic E-state index is 12.3. The molecule has 0 fully saturated rings. The average Bonchev–Trinajstić information content (AvgIpc) is 2.41. The van der Waals surface area contributed by atoms with E-state index in [-0.39, 0.29) is 28.4 Å². The number of hydrogen-bond acceptors (Lipinski definition) is 6. The zero-order valence-electron chi connectivity index (χ0n) is 10.1. The van der Waals surface area contributed by atoms with Crippen LogP contribution in [0.2, 0.25) is 0 Å². The van der Waals surface area contributed by atoms with E-state index in [0.717, 1.165) is 0 Å². The molecule has 2 rings (SSSR count). The smallest absolute Gasteiger partial charge is 0.270 e. The molecule has 0 aliphatic heterocycles. The first kappa shape index (κ1) is 13.8. The van der Waals surface area contributed by atoms with E-state index >= 15 is 0 Å². The van der Waals surface area contributed by atoms with Gasteiger partial charge in [-0.05, 0) is 18.6 Å². The van der Waals surface area contributed by atoms with Crippen LogP contribution in [0.1, 0.15) is 20.7 Å². The van der Waals surface area contributed by atoms with Crippen molar-refractivity contribution in [3.63, 3.8) is 0 Å². The Hall–Kier alpha value is -1.60. The van der Waals surface area contributed by atoms with Gasteiger partial charge in [-0.3, -0.25) is 19.7 Å². The molecule has 0 N–H and O–H groups in total. The molecule has 0 spiro atoms. The summed E-state index contributed by atoms with van der Waals surface area (Å²) in [6.07, 6.45) is 3.44. The minimum atomic E-state index is -0.579. The van der Waals surface area contributed by atoms with Crippen molar-refractivity contribution in [2.75, 3.05) is 12.5 Å². The van der Waals surface area contributed by atoms with E-state index in [1.807, 2.05) is 0 Å². The molecule has 0 atom stereocenters. The topological polar surface area (TPSA) is 77.3 Å². The Morgan fingerprint density at radius 2 is 1.53 bits per heavy atom. The molecule has 98 valence electrons. The molecular weight excluding hydrogens is 286 g/mol. The number of nitro groups is 1. The summed E-state index contributed by atoms with van der Waals surface area (Å²) in [7, 11) is 0. The lowest BCUT2D eigenvalue weighted by atomic mass is 9.94. The Morgan fingerprint density at radius 3 is 2.00 bits per heavy atom. The summed E-state index contributed by atoms with van der Waals surface area (Å²) >= 11 is 2.41. The van der Waals surface area contributed by atoms with Crippen LogP contribution in [0.4, 0.5) is 5.69 Å². The molecule has 1 aromatic carbocycles. The molecule has 0 aromatic heterocycles. The monoisotopic (exact) mass is 295 g/mol. The number of non-ortho nitro benzene ring substituents is 1. The van der Waals surface area contributed by atoms with Crippen LogP contribution in [0.3, 0.4) is 0 Å². The summed E-state index contributed by atoms with van der Waals surface area (Å²) in [5.74, 6) is -0.573. The predicted octanol–water partition coefficient (Wildman–Crippen LogP) is 2.91. The highest BCUT2D eigenvalue weighted by Crippen LogP contribution is 2.37. The second-order valence-corrected chi connectivity index (χ2v) is 5.34. The van der Waals surface area contributed by atoms with Crippen molar-refractivity contribution < 1.29 is 14.5 Å². The van der Waals surface area contributed by atoms with Gasteiger partial charge in [-0.15, -0.1) is 23.5 Å². The lowest BCUT2D eigenvalue weighted by Gasteiger charge is -2.18. The van der Waals surface area contributed by atoms with E-state index in [1.54, 1.807) is 12.5 Å². The molecule has 7 heteroatoms. The minimum Gasteiger partial charge on any atom is -0.288 e. The van der Waals surface area contributed by atoms with E-state index < -0.39 is 4.92 Å². The number of allylic oxidation sites excluding steroid dienone is 2. The normalized spacial score (nSPS) is 14.6. The molecule has 0 radical (unpaired) electrons. The third kappa shape index (κ3) is 2.19. The summed E-state index contributed by atoms with van der Waals surface area (Å²) in [6, 6.07) is 3.76. The van der Waals surface area contributed by atoms with Gasteiger partial charge in [0.25, 0.3) is 5.69 Å². The van der Waals surface area contributed by atoms with Gasteiger partial charge in [0.05, 0.1) is 14.7 Å². The first-order valence-electron chi connectivity index (χ1n) is 5.21. The number of nitrogens with zero attached hydrogens (tertiary/aromatic N) is 1. The SMILES string of the molecule is CSC1=C(SC)C(=O)c2cc([N+](=O)[O-])ccc2C1=O. The molecule has 19 heavy (non-hydrogen) atoms. The van der Waals surface area contributed by atoms with Crippen molar-refractivity contribution in [2.45, 2.75) is 0 Å². The largest absolute Gasteiger partial charge is 0.288 e. The van der Waals surface area contributed by atoms with Crippen LogP contribution in [0.15, 0.2) is 28.0 Å². The van der Waals surface area contributed by atoms with E-state index in [1.165, 1.54) is 41.7 Å². The second-order valence-electron chi connectivity index (χ2n) is 3.71. The standard InChI is InChI=1S/C12H9NO4S2/c1-18-11-9(14)7-4-3-6(13(16)17)5-8(7)10(15)12(11)19-2/h3-5H,1-2H3. The molecule has 0 heterocycles. The second kappa shape index (κ2) is 5.18. The first-order valence-corrected chi connectivity index (χ1v) is 7.66. The highest BCUT2D eigenvalue weighted by Gasteiger charge is 2.32. The highest BCUT2D eigenvalue weighted by atomic mass is 32.2. The van der Waals surface area contributed by atoms with Crippen LogP contribution in [0.5, 0.6) is 0 Å². The van der Waals surface area contributed by atoms with Crippen LogP contribution in [0.25, 0.3) is 0 Å². The average molecular weight is 295 g/mol. The molecule has 5 nitrogen and oxygen atoms in total. The molecule has 0 saturated carbocycles. The van der Waals surface area contributed by atoms with Gasteiger partial charge in [-0.1, -0.05) is 0 Å². The number of rotatable bonds is 3. The summed E-state index contributed by atoms with van der Waals surface area (Å²) in [6.45, 7) is 0.